The van der Waals surface area contributed by atoms with Crippen LogP contribution in [0, 0.1) is 0 Å². The Balaban J connectivity index is 2.04. The highest BCUT2D eigenvalue weighted by Gasteiger charge is 2.40. The summed E-state index contributed by atoms with van der Waals surface area (Å²) < 4.78 is 6.02. The fourth-order valence-electron chi connectivity index (χ4n) is 3.10. The molecule has 0 bridgehead atoms. The van der Waals surface area contributed by atoms with Gasteiger partial charge in [-0.2, -0.15) is 0 Å². The highest BCUT2D eigenvalue weighted by atomic mass is 16.5. The summed E-state index contributed by atoms with van der Waals surface area (Å²) in [4.78, 5) is 13.2. The number of carbonyl (C=O) groups is 1. The number of ether oxygens (including phenoxy) is 1. The van der Waals surface area contributed by atoms with Gasteiger partial charge in [-0.3, -0.25) is 4.90 Å². The number of hydrogen-bond acceptors (Lipinski definition) is 2. The molecule has 21 heavy (non-hydrogen) atoms. The summed E-state index contributed by atoms with van der Waals surface area (Å²) in [5, 5.41) is 9.54. The van der Waals surface area contributed by atoms with Gasteiger partial charge in [0.25, 0.3) is 0 Å². The summed E-state index contributed by atoms with van der Waals surface area (Å²) in [5.74, 6) is 0. The van der Waals surface area contributed by atoms with Gasteiger partial charge >= 0.3 is 6.09 Å². The molecule has 0 heterocycles. The van der Waals surface area contributed by atoms with E-state index in [4.69, 9.17) is 4.74 Å². The van der Waals surface area contributed by atoms with Crippen molar-refractivity contribution in [2.24, 2.45) is 0 Å². The third-order valence-electron chi connectivity index (χ3n) is 3.99. The molecule has 2 atom stereocenters. The molecule has 0 radical (unpaired) electrons. The van der Waals surface area contributed by atoms with E-state index in [1.54, 1.807) is 4.90 Å². The second kappa shape index (κ2) is 6.48. The van der Waals surface area contributed by atoms with Crippen molar-refractivity contribution in [2.45, 2.75) is 64.3 Å². The van der Waals surface area contributed by atoms with E-state index in [2.05, 4.69) is 0 Å². The highest BCUT2D eigenvalue weighted by Crippen LogP contribution is 2.32. The predicted molar refractivity (Wildman–Crippen MR) is 82.3 cm³/mol. The molecule has 1 N–H and O–H groups in total. The van der Waals surface area contributed by atoms with E-state index in [0.29, 0.717) is 6.61 Å². The third-order valence-corrected chi connectivity index (χ3v) is 3.99. The molecule has 1 aromatic rings. The van der Waals surface area contributed by atoms with Gasteiger partial charge in [-0.1, -0.05) is 30.3 Å². The van der Waals surface area contributed by atoms with Crippen LogP contribution in [0.2, 0.25) is 0 Å². The predicted octanol–water partition coefficient (Wildman–Crippen LogP) is 3.90. The first-order valence-electron chi connectivity index (χ1n) is 7.57. The van der Waals surface area contributed by atoms with E-state index in [1.165, 1.54) is 0 Å². The minimum absolute atomic E-state index is 0.0134. The molecule has 1 amide bonds. The normalized spacial score (nSPS) is 22.2. The van der Waals surface area contributed by atoms with Crippen LogP contribution in [-0.4, -0.2) is 33.8 Å². The number of benzene rings is 1. The molecule has 1 aliphatic rings. The first kappa shape index (κ1) is 15.8. The number of rotatable bonds is 4. The highest BCUT2D eigenvalue weighted by molar-refractivity contribution is 5.66. The molecule has 0 unspecified atom stereocenters. The van der Waals surface area contributed by atoms with E-state index in [-0.39, 0.29) is 12.1 Å². The van der Waals surface area contributed by atoms with Crippen molar-refractivity contribution in [2.75, 3.05) is 0 Å². The van der Waals surface area contributed by atoms with Crippen LogP contribution < -0.4 is 0 Å². The molecule has 1 aliphatic carbocycles. The maximum Gasteiger partial charge on any atom is 0.408 e. The lowest BCUT2D eigenvalue weighted by Gasteiger charge is -2.40. The lowest BCUT2D eigenvalue weighted by atomic mass is 10.0. The zero-order valence-electron chi connectivity index (χ0n) is 13.1. The van der Waals surface area contributed by atoms with Gasteiger partial charge in [0, 0.05) is 5.54 Å². The van der Waals surface area contributed by atoms with Crippen molar-refractivity contribution in [3.8, 4) is 0 Å². The van der Waals surface area contributed by atoms with Crippen LogP contribution in [0.1, 0.15) is 45.6 Å². The molecule has 1 fully saturated rings. The van der Waals surface area contributed by atoms with Crippen molar-refractivity contribution >= 4 is 6.09 Å². The molecule has 0 saturated heterocycles. The monoisotopic (exact) mass is 291 g/mol. The lowest BCUT2D eigenvalue weighted by molar-refractivity contribution is -0.0264. The molecule has 4 heteroatoms. The molecule has 2 rings (SSSR count). The van der Waals surface area contributed by atoms with Crippen molar-refractivity contribution in [3.05, 3.63) is 35.9 Å². The molecular weight excluding hydrogens is 266 g/mol. The van der Waals surface area contributed by atoms with Crippen LogP contribution in [0.5, 0.6) is 0 Å². The van der Waals surface area contributed by atoms with E-state index in [1.807, 2.05) is 51.1 Å². The Morgan fingerprint density at radius 2 is 1.95 bits per heavy atom. The number of amides is 1. The Morgan fingerprint density at radius 3 is 2.52 bits per heavy atom. The first-order chi connectivity index (χ1) is 9.89. The zero-order valence-corrected chi connectivity index (χ0v) is 13.1. The van der Waals surface area contributed by atoms with Crippen LogP contribution in [0.4, 0.5) is 4.79 Å². The Kier molecular flexibility index (Phi) is 4.88. The van der Waals surface area contributed by atoms with Crippen molar-refractivity contribution in [1.29, 1.82) is 0 Å². The molecule has 1 aromatic carbocycles. The Labute approximate surface area is 126 Å². The summed E-state index contributed by atoms with van der Waals surface area (Å²) in [6.07, 6.45) is 1.95. The fraction of sp³-hybridized carbons (Fsp3) is 0.588. The maximum absolute atomic E-state index is 11.6. The smallest absolute Gasteiger partial charge is 0.408 e. The SMILES string of the molecule is CC(C)(C)N(C(=O)O)[C@H]1CCC[C@@H]1OCc1ccccc1. The largest absolute Gasteiger partial charge is 0.465 e. The fourth-order valence-corrected chi connectivity index (χ4v) is 3.10. The van der Waals surface area contributed by atoms with E-state index < -0.39 is 11.6 Å². The van der Waals surface area contributed by atoms with Gasteiger partial charge in [0.1, 0.15) is 0 Å². The van der Waals surface area contributed by atoms with Crippen LogP contribution in [0.25, 0.3) is 0 Å². The maximum atomic E-state index is 11.6. The van der Waals surface area contributed by atoms with Crippen molar-refractivity contribution in [1.82, 2.24) is 4.90 Å². The standard InChI is InChI=1S/C17H25NO3/c1-17(2,3)18(16(19)20)14-10-7-11-15(14)21-12-13-8-5-4-6-9-13/h4-6,8-9,14-15H,7,10-12H2,1-3H3,(H,19,20)/t14-,15-/m0/s1. The quantitative estimate of drug-likeness (QED) is 0.915. The first-order valence-corrected chi connectivity index (χ1v) is 7.57. The van der Waals surface area contributed by atoms with Gasteiger partial charge in [-0.05, 0) is 45.6 Å². The van der Waals surface area contributed by atoms with E-state index >= 15 is 0 Å². The average Bonchev–Trinajstić information content (AvgIpc) is 2.83. The van der Waals surface area contributed by atoms with Gasteiger partial charge in [0.05, 0.1) is 18.8 Å². The zero-order chi connectivity index (χ0) is 15.5. The van der Waals surface area contributed by atoms with Gasteiger partial charge < -0.3 is 9.84 Å². The summed E-state index contributed by atoms with van der Waals surface area (Å²) in [7, 11) is 0. The molecule has 1 saturated carbocycles. The molecule has 0 aromatic heterocycles. The molecule has 0 aliphatic heterocycles. The molecular formula is C17H25NO3. The topological polar surface area (TPSA) is 49.8 Å². The number of nitrogens with zero attached hydrogens (tertiary/aromatic N) is 1. The third kappa shape index (κ3) is 3.97. The Morgan fingerprint density at radius 1 is 1.29 bits per heavy atom. The lowest BCUT2D eigenvalue weighted by Crippen LogP contribution is -2.54. The van der Waals surface area contributed by atoms with Gasteiger partial charge in [0.15, 0.2) is 0 Å². The van der Waals surface area contributed by atoms with Crippen molar-refractivity contribution < 1.29 is 14.6 Å². The molecule has 0 spiro atoms. The van der Waals surface area contributed by atoms with E-state index in [0.717, 1.165) is 24.8 Å². The summed E-state index contributed by atoms with van der Waals surface area (Å²) in [6.45, 7) is 6.36. The van der Waals surface area contributed by atoms with Crippen LogP contribution in [0.3, 0.4) is 0 Å². The summed E-state index contributed by atoms with van der Waals surface area (Å²) >= 11 is 0. The summed E-state index contributed by atoms with van der Waals surface area (Å²) in [6, 6.07) is 9.97. The van der Waals surface area contributed by atoms with Crippen molar-refractivity contribution in [3.63, 3.8) is 0 Å². The number of carboxylic acid groups (broad SMARTS) is 1. The molecule has 116 valence electrons. The Hall–Kier alpha value is -1.55. The molecule has 4 nitrogen and oxygen atoms in total. The minimum Gasteiger partial charge on any atom is -0.465 e. The second-order valence-corrected chi connectivity index (χ2v) is 6.66. The Bertz CT molecular complexity index is 467. The van der Waals surface area contributed by atoms with Crippen LogP contribution in [0.15, 0.2) is 30.3 Å². The van der Waals surface area contributed by atoms with Gasteiger partial charge in [-0.25, -0.2) is 4.79 Å². The summed E-state index contributed by atoms with van der Waals surface area (Å²) in [5.41, 5.74) is 0.718. The van der Waals surface area contributed by atoms with Gasteiger partial charge in [-0.15, -0.1) is 0 Å². The second-order valence-electron chi connectivity index (χ2n) is 6.66. The van der Waals surface area contributed by atoms with Crippen LogP contribution in [-0.2, 0) is 11.3 Å². The minimum atomic E-state index is -0.859. The van der Waals surface area contributed by atoms with Gasteiger partial charge in [0.2, 0.25) is 0 Å². The number of hydrogen-bond donors (Lipinski definition) is 1. The van der Waals surface area contributed by atoms with E-state index in [9.17, 15) is 9.90 Å². The van der Waals surface area contributed by atoms with Crippen LogP contribution >= 0.6 is 0 Å². The average molecular weight is 291 g/mol.